The zero-order valence-electron chi connectivity index (χ0n) is 7.47. The van der Waals surface area contributed by atoms with E-state index in [2.05, 4.69) is 5.10 Å². The van der Waals surface area contributed by atoms with Gasteiger partial charge in [-0.2, -0.15) is 5.10 Å². The van der Waals surface area contributed by atoms with Crippen molar-refractivity contribution in [3.63, 3.8) is 0 Å². The van der Waals surface area contributed by atoms with E-state index < -0.39 is 0 Å². The summed E-state index contributed by atoms with van der Waals surface area (Å²) in [5.74, 6) is 0. The van der Waals surface area contributed by atoms with Gasteiger partial charge in [-0.15, -0.1) is 0 Å². The van der Waals surface area contributed by atoms with Crippen LogP contribution in [0.25, 0.3) is 0 Å². The van der Waals surface area contributed by atoms with Gasteiger partial charge in [0.05, 0.1) is 6.21 Å². The zero-order valence-corrected chi connectivity index (χ0v) is 8.22. The first-order chi connectivity index (χ1) is 6.84. The molecule has 0 amide bonds. The van der Waals surface area contributed by atoms with Gasteiger partial charge < -0.3 is 0 Å². The van der Waals surface area contributed by atoms with Crippen LogP contribution in [0.1, 0.15) is 5.56 Å². The van der Waals surface area contributed by atoms with E-state index in [-0.39, 0.29) is 0 Å². The minimum atomic E-state index is 0.739. The van der Waals surface area contributed by atoms with E-state index in [1.54, 1.807) is 10.9 Å². The summed E-state index contributed by atoms with van der Waals surface area (Å²) in [6.07, 6.45) is 5.55. The molecule has 1 heterocycles. The second kappa shape index (κ2) is 4.11. The molecule has 0 saturated heterocycles. The molecule has 14 heavy (non-hydrogen) atoms. The lowest BCUT2D eigenvalue weighted by molar-refractivity contribution is 0.894. The van der Waals surface area contributed by atoms with Gasteiger partial charge in [0.15, 0.2) is 0 Å². The van der Waals surface area contributed by atoms with Crippen molar-refractivity contribution in [2.24, 2.45) is 5.10 Å². The number of hydrogen-bond acceptors (Lipinski definition) is 1. The highest BCUT2D eigenvalue weighted by atomic mass is 35.5. The second-order valence-corrected chi connectivity index (χ2v) is 3.30. The number of aromatic nitrogens is 1. The van der Waals surface area contributed by atoms with Gasteiger partial charge in [0, 0.05) is 17.4 Å². The molecule has 70 valence electrons. The summed E-state index contributed by atoms with van der Waals surface area (Å²) in [6.45, 7) is 0. The van der Waals surface area contributed by atoms with Crippen molar-refractivity contribution in [2.75, 3.05) is 0 Å². The van der Waals surface area contributed by atoms with Crippen molar-refractivity contribution in [1.29, 1.82) is 0 Å². The predicted octanol–water partition coefficient (Wildman–Crippen LogP) is 3.02. The highest BCUT2D eigenvalue weighted by molar-refractivity contribution is 6.30. The summed E-state index contributed by atoms with van der Waals surface area (Å²) in [6, 6.07) is 11.4. The molecule has 2 rings (SSSR count). The lowest BCUT2D eigenvalue weighted by atomic mass is 10.2. The van der Waals surface area contributed by atoms with E-state index in [9.17, 15) is 0 Å². The van der Waals surface area contributed by atoms with E-state index in [0.717, 1.165) is 10.6 Å². The van der Waals surface area contributed by atoms with Crippen molar-refractivity contribution in [2.45, 2.75) is 0 Å². The van der Waals surface area contributed by atoms with Crippen LogP contribution in [0.5, 0.6) is 0 Å². The number of rotatable bonds is 2. The predicted molar refractivity (Wildman–Crippen MR) is 58.9 cm³/mol. The molecular formula is C11H9ClN2. The standard InChI is InChI=1S/C11H9ClN2/c12-11-5-3-10(4-6-11)9-13-14-7-1-2-8-14/h1-9H/b13-9+. The van der Waals surface area contributed by atoms with E-state index in [1.807, 2.05) is 48.8 Å². The van der Waals surface area contributed by atoms with E-state index in [4.69, 9.17) is 11.6 Å². The van der Waals surface area contributed by atoms with Crippen LogP contribution in [0.15, 0.2) is 53.9 Å². The Morgan fingerprint density at radius 3 is 2.36 bits per heavy atom. The average Bonchev–Trinajstić information content (AvgIpc) is 2.70. The van der Waals surface area contributed by atoms with Crippen LogP contribution in [0.3, 0.4) is 0 Å². The number of nitrogens with zero attached hydrogens (tertiary/aromatic N) is 2. The van der Waals surface area contributed by atoms with Gasteiger partial charge in [0.2, 0.25) is 0 Å². The maximum absolute atomic E-state index is 5.76. The lowest BCUT2D eigenvalue weighted by Gasteiger charge is -1.93. The quantitative estimate of drug-likeness (QED) is 0.670. The molecule has 0 bridgehead atoms. The Labute approximate surface area is 87.4 Å². The molecule has 0 aliphatic heterocycles. The molecule has 0 spiro atoms. The average molecular weight is 205 g/mol. The van der Waals surface area contributed by atoms with Crippen LogP contribution in [-0.2, 0) is 0 Å². The highest BCUT2D eigenvalue weighted by Crippen LogP contribution is 2.07. The van der Waals surface area contributed by atoms with Crippen LogP contribution in [-0.4, -0.2) is 10.9 Å². The minimum absolute atomic E-state index is 0.739. The van der Waals surface area contributed by atoms with Gasteiger partial charge in [0.1, 0.15) is 0 Å². The molecule has 0 unspecified atom stereocenters. The molecule has 1 aromatic carbocycles. The molecule has 0 aliphatic carbocycles. The van der Waals surface area contributed by atoms with Crippen molar-refractivity contribution in [3.05, 3.63) is 59.4 Å². The van der Waals surface area contributed by atoms with Crippen LogP contribution in [0, 0.1) is 0 Å². The van der Waals surface area contributed by atoms with Crippen LogP contribution in [0.2, 0.25) is 5.02 Å². The molecule has 3 heteroatoms. The largest absolute Gasteiger partial charge is 0.248 e. The summed E-state index contributed by atoms with van der Waals surface area (Å²) < 4.78 is 1.74. The summed E-state index contributed by atoms with van der Waals surface area (Å²) >= 11 is 5.76. The summed E-state index contributed by atoms with van der Waals surface area (Å²) in [4.78, 5) is 0. The van der Waals surface area contributed by atoms with E-state index >= 15 is 0 Å². The number of halogens is 1. The fraction of sp³-hybridized carbons (Fsp3) is 0. The van der Waals surface area contributed by atoms with Crippen LogP contribution < -0.4 is 0 Å². The molecule has 0 fully saturated rings. The zero-order chi connectivity index (χ0) is 9.80. The van der Waals surface area contributed by atoms with Crippen molar-refractivity contribution >= 4 is 17.8 Å². The molecular weight excluding hydrogens is 196 g/mol. The van der Waals surface area contributed by atoms with Crippen molar-refractivity contribution in [3.8, 4) is 0 Å². The Morgan fingerprint density at radius 2 is 1.71 bits per heavy atom. The normalized spacial score (nSPS) is 10.9. The third-order valence-electron chi connectivity index (χ3n) is 1.80. The first-order valence-electron chi connectivity index (χ1n) is 4.27. The Morgan fingerprint density at radius 1 is 1.07 bits per heavy atom. The smallest absolute Gasteiger partial charge is 0.0550 e. The number of benzene rings is 1. The van der Waals surface area contributed by atoms with Crippen LogP contribution >= 0.6 is 11.6 Å². The van der Waals surface area contributed by atoms with Crippen LogP contribution in [0.4, 0.5) is 0 Å². The van der Waals surface area contributed by atoms with Crippen molar-refractivity contribution in [1.82, 2.24) is 4.68 Å². The summed E-state index contributed by atoms with van der Waals surface area (Å²) in [5.41, 5.74) is 1.03. The third-order valence-corrected chi connectivity index (χ3v) is 2.05. The Hall–Kier alpha value is -1.54. The minimum Gasteiger partial charge on any atom is -0.248 e. The molecule has 0 N–H and O–H groups in total. The number of hydrogen-bond donors (Lipinski definition) is 0. The molecule has 0 radical (unpaired) electrons. The lowest BCUT2D eigenvalue weighted by Crippen LogP contribution is -1.85. The van der Waals surface area contributed by atoms with Gasteiger partial charge in [-0.3, -0.25) is 0 Å². The van der Waals surface area contributed by atoms with E-state index in [1.165, 1.54) is 0 Å². The Balaban J connectivity index is 2.15. The fourth-order valence-corrected chi connectivity index (χ4v) is 1.21. The highest BCUT2D eigenvalue weighted by Gasteiger charge is 1.88. The van der Waals surface area contributed by atoms with Gasteiger partial charge in [-0.05, 0) is 29.8 Å². The molecule has 2 nitrogen and oxygen atoms in total. The first-order valence-corrected chi connectivity index (χ1v) is 4.65. The second-order valence-electron chi connectivity index (χ2n) is 2.86. The Bertz CT molecular complexity index is 415. The monoisotopic (exact) mass is 204 g/mol. The third kappa shape index (κ3) is 2.24. The fourth-order valence-electron chi connectivity index (χ4n) is 1.08. The van der Waals surface area contributed by atoms with Crippen molar-refractivity contribution < 1.29 is 0 Å². The maximum Gasteiger partial charge on any atom is 0.0550 e. The van der Waals surface area contributed by atoms with Gasteiger partial charge in [0.25, 0.3) is 0 Å². The maximum atomic E-state index is 5.76. The summed E-state index contributed by atoms with van der Waals surface area (Å²) in [5, 5.41) is 4.95. The van der Waals surface area contributed by atoms with Gasteiger partial charge >= 0.3 is 0 Å². The molecule has 0 atom stereocenters. The van der Waals surface area contributed by atoms with E-state index in [0.29, 0.717) is 0 Å². The Kier molecular flexibility index (Phi) is 2.65. The van der Waals surface area contributed by atoms with Gasteiger partial charge in [-0.25, -0.2) is 4.68 Å². The topological polar surface area (TPSA) is 17.3 Å². The van der Waals surface area contributed by atoms with Gasteiger partial charge in [-0.1, -0.05) is 23.7 Å². The summed E-state index contributed by atoms with van der Waals surface area (Å²) in [7, 11) is 0. The molecule has 2 aromatic rings. The molecule has 0 aliphatic rings. The molecule has 1 aromatic heterocycles. The first kappa shape index (κ1) is 9.03. The SMILES string of the molecule is Clc1ccc(/C=N/n2cccc2)cc1. The molecule has 0 saturated carbocycles.